The van der Waals surface area contributed by atoms with Crippen LogP contribution in [0.3, 0.4) is 0 Å². The second-order valence-corrected chi connectivity index (χ2v) is 2.71. The van der Waals surface area contributed by atoms with Crippen LogP contribution in [0.2, 0.25) is 0 Å². The number of Topliss-reactive ketones (excluding diaryl/α,β-unsaturated/α-hetero) is 1. The molecule has 5 heteroatoms. The molecule has 0 aliphatic carbocycles. The molecule has 1 aromatic carbocycles. The summed E-state index contributed by atoms with van der Waals surface area (Å²) in [6, 6.07) is 3.98. The van der Waals surface area contributed by atoms with Crippen molar-refractivity contribution in [3.05, 3.63) is 29.3 Å². The summed E-state index contributed by atoms with van der Waals surface area (Å²) in [5, 5.41) is 8.49. The summed E-state index contributed by atoms with van der Waals surface area (Å²) in [6.07, 6.45) is 0.415. The maximum absolute atomic E-state index is 11.1. The molecule has 0 saturated carbocycles. The van der Waals surface area contributed by atoms with E-state index in [2.05, 4.69) is 0 Å². The SMILES string of the molecule is COc1ccc(C(=O)C(=O)O)c(C=O)c1. The monoisotopic (exact) mass is 208 g/mol. The first kappa shape index (κ1) is 10.9. The van der Waals surface area contributed by atoms with Gasteiger partial charge in [0.1, 0.15) is 5.75 Å². The quantitative estimate of drug-likeness (QED) is 0.449. The molecule has 1 N–H and O–H groups in total. The van der Waals surface area contributed by atoms with Crippen molar-refractivity contribution in [2.75, 3.05) is 7.11 Å². The standard InChI is InChI=1S/C10H8O5/c1-15-7-2-3-8(6(4-7)5-11)9(12)10(13)14/h2-5H,1H3,(H,13,14). The van der Waals surface area contributed by atoms with E-state index >= 15 is 0 Å². The highest BCUT2D eigenvalue weighted by molar-refractivity contribution is 6.40. The van der Waals surface area contributed by atoms with E-state index < -0.39 is 11.8 Å². The van der Waals surface area contributed by atoms with Crippen LogP contribution < -0.4 is 4.74 Å². The second-order valence-electron chi connectivity index (χ2n) is 2.71. The molecule has 78 valence electrons. The Bertz CT molecular complexity index is 422. The third kappa shape index (κ3) is 2.19. The lowest BCUT2D eigenvalue weighted by molar-refractivity contribution is -0.131. The van der Waals surface area contributed by atoms with Crippen molar-refractivity contribution >= 4 is 18.0 Å². The van der Waals surface area contributed by atoms with Crippen molar-refractivity contribution < 1.29 is 24.2 Å². The predicted molar refractivity (Wildman–Crippen MR) is 50.3 cm³/mol. The van der Waals surface area contributed by atoms with Gasteiger partial charge < -0.3 is 9.84 Å². The van der Waals surface area contributed by atoms with Crippen molar-refractivity contribution in [3.63, 3.8) is 0 Å². The van der Waals surface area contributed by atoms with E-state index in [1.807, 2.05) is 0 Å². The van der Waals surface area contributed by atoms with Crippen molar-refractivity contribution in [1.82, 2.24) is 0 Å². The first-order chi connectivity index (χ1) is 7.10. The van der Waals surface area contributed by atoms with E-state index in [0.717, 1.165) is 0 Å². The van der Waals surface area contributed by atoms with Crippen LogP contribution in [0.5, 0.6) is 5.75 Å². The minimum atomic E-state index is -1.59. The number of carbonyl (C=O) groups is 3. The third-order valence-corrected chi connectivity index (χ3v) is 1.82. The summed E-state index contributed by atoms with van der Waals surface area (Å²) in [6.45, 7) is 0. The number of ketones is 1. The van der Waals surface area contributed by atoms with Crippen LogP contribution in [0.1, 0.15) is 20.7 Å². The van der Waals surface area contributed by atoms with E-state index in [-0.39, 0.29) is 11.1 Å². The Morgan fingerprint density at radius 2 is 2.07 bits per heavy atom. The fourth-order valence-corrected chi connectivity index (χ4v) is 1.09. The number of benzene rings is 1. The van der Waals surface area contributed by atoms with Crippen LogP contribution in [0.4, 0.5) is 0 Å². The third-order valence-electron chi connectivity index (χ3n) is 1.82. The minimum absolute atomic E-state index is 0.00162. The van der Waals surface area contributed by atoms with E-state index in [9.17, 15) is 14.4 Å². The maximum atomic E-state index is 11.1. The fraction of sp³-hybridized carbons (Fsp3) is 0.100. The van der Waals surface area contributed by atoms with Crippen molar-refractivity contribution in [2.24, 2.45) is 0 Å². The molecule has 0 aliphatic heterocycles. The Morgan fingerprint density at radius 3 is 2.53 bits per heavy atom. The molecule has 1 aromatic rings. The first-order valence-electron chi connectivity index (χ1n) is 4.01. The van der Waals surface area contributed by atoms with Crippen LogP contribution in [0.25, 0.3) is 0 Å². The van der Waals surface area contributed by atoms with Gasteiger partial charge in [0.05, 0.1) is 7.11 Å². The zero-order valence-corrected chi connectivity index (χ0v) is 7.89. The number of hydrogen-bond donors (Lipinski definition) is 1. The van der Waals surface area contributed by atoms with Gasteiger partial charge in [0.2, 0.25) is 0 Å². The van der Waals surface area contributed by atoms with Gasteiger partial charge in [-0.05, 0) is 18.2 Å². The van der Waals surface area contributed by atoms with Gasteiger partial charge in [0.15, 0.2) is 6.29 Å². The van der Waals surface area contributed by atoms with E-state index in [4.69, 9.17) is 9.84 Å². The summed E-state index contributed by atoms with van der Waals surface area (Å²) in [5.41, 5.74) is -0.139. The molecule has 5 nitrogen and oxygen atoms in total. The molecule has 0 amide bonds. The minimum Gasteiger partial charge on any atom is -0.497 e. The van der Waals surface area contributed by atoms with Crippen LogP contribution in [-0.4, -0.2) is 30.3 Å². The summed E-state index contributed by atoms with van der Waals surface area (Å²) in [4.78, 5) is 32.2. The normalized spacial score (nSPS) is 9.40. The Balaban J connectivity index is 3.24. The van der Waals surface area contributed by atoms with Crippen LogP contribution in [0, 0.1) is 0 Å². The topological polar surface area (TPSA) is 80.7 Å². The summed E-state index contributed by atoms with van der Waals surface area (Å²) >= 11 is 0. The average molecular weight is 208 g/mol. The molecule has 0 bridgehead atoms. The highest BCUT2D eigenvalue weighted by Crippen LogP contribution is 2.16. The number of aliphatic carboxylic acids is 1. The molecule has 0 fully saturated rings. The van der Waals surface area contributed by atoms with Gasteiger partial charge in [0.25, 0.3) is 5.78 Å². The molecule has 0 unspecified atom stereocenters. The Morgan fingerprint density at radius 1 is 1.40 bits per heavy atom. The van der Waals surface area contributed by atoms with Gasteiger partial charge in [-0.2, -0.15) is 0 Å². The summed E-state index contributed by atoms with van der Waals surface area (Å²) in [5.74, 6) is -2.32. The van der Waals surface area contributed by atoms with Crippen LogP contribution in [-0.2, 0) is 4.79 Å². The highest BCUT2D eigenvalue weighted by Gasteiger charge is 2.18. The van der Waals surface area contributed by atoms with Crippen molar-refractivity contribution in [2.45, 2.75) is 0 Å². The molecule has 0 saturated heterocycles. The van der Waals surface area contributed by atoms with Gasteiger partial charge >= 0.3 is 5.97 Å². The fourth-order valence-electron chi connectivity index (χ4n) is 1.09. The van der Waals surface area contributed by atoms with Gasteiger partial charge in [0, 0.05) is 11.1 Å². The van der Waals surface area contributed by atoms with Crippen molar-refractivity contribution in [1.29, 1.82) is 0 Å². The van der Waals surface area contributed by atoms with Crippen molar-refractivity contribution in [3.8, 4) is 5.75 Å². The lowest BCUT2D eigenvalue weighted by Gasteiger charge is -2.03. The van der Waals surface area contributed by atoms with Gasteiger partial charge in [-0.25, -0.2) is 4.79 Å². The van der Waals surface area contributed by atoms with Gasteiger partial charge in [-0.3, -0.25) is 9.59 Å². The molecule has 1 rings (SSSR count). The Labute approximate surface area is 85.3 Å². The largest absolute Gasteiger partial charge is 0.497 e. The van der Waals surface area contributed by atoms with E-state index in [1.165, 1.54) is 25.3 Å². The van der Waals surface area contributed by atoms with Gasteiger partial charge in [-0.15, -0.1) is 0 Å². The molecular weight excluding hydrogens is 200 g/mol. The first-order valence-corrected chi connectivity index (χ1v) is 4.01. The molecule has 0 atom stereocenters. The van der Waals surface area contributed by atoms with Gasteiger partial charge in [-0.1, -0.05) is 0 Å². The molecule has 0 aromatic heterocycles. The lowest BCUT2D eigenvalue weighted by Crippen LogP contribution is -2.14. The molecular formula is C10H8O5. The zero-order valence-electron chi connectivity index (χ0n) is 7.89. The smallest absolute Gasteiger partial charge is 0.377 e. The molecule has 0 radical (unpaired) electrons. The number of rotatable bonds is 4. The van der Waals surface area contributed by atoms with E-state index in [1.54, 1.807) is 0 Å². The number of ether oxygens (including phenoxy) is 1. The highest BCUT2D eigenvalue weighted by atomic mass is 16.5. The maximum Gasteiger partial charge on any atom is 0.377 e. The van der Waals surface area contributed by atoms with Crippen LogP contribution in [0.15, 0.2) is 18.2 Å². The molecule has 0 heterocycles. The molecule has 0 spiro atoms. The summed E-state index contributed by atoms with van der Waals surface area (Å²) < 4.78 is 4.83. The number of carbonyl (C=O) groups excluding carboxylic acids is 2. The lowest BCUT2D eigenvalue weighted by atomic mass is 10.0. The molecule has 15 heavy (non-hydrogen) atoms. The van der Waals surface area contributed by atoms with Crippen LogP contribution >= 0.6 is 0 Å². The number of hydrogen-bond acceptors (Lipinski definition) is 4. The Kier molecular flexibility index (Phi) is 3.17. The second kappa shape index (κ2) is 4.36. The van der Waals surface area contributed by atoms with E-state index in [0.29, 0.717) is 12.0 Å². The number of carboxylic acids is 1. The average Bonchev–Trinajstić information content (AvgIpc) is 2.27. The number of carboxylic acid groups (broad SMARTS) is 1. The number of methoxy groups -OCH3 is 1. The summed E-state index contributed by atoms with van der Waals surface area (Å²) in [7, 11) is 1.41. The number of aldehydes is 1. The zero-order chi connectivity index (χ0) is 11.4. The Hall–Kier alpha value is -2.17. The molecule has 0 aliphatic rings. The predicted octanol–water partition coefficient (Wildman–Crippen LogP) is 0.775.